The normalized spacial score (nSPS) is 35.4. The lowest BCUT2D eigenvalue weighted by molar-refractivity contribution is 0.203. The van der Waals surface area contributed by atoms with E-state index in [1.807, 2.05) is 0 Å². The van der Waals surface area contributed by atoms with Crippen LogP contribution >= 0.6 is 12.2 Å². The van der Waals surface area contributed by atoms with Gasteiger partial charge in [-0.25, -0.2) is 0 Å². The van der Waals surface area contributed by atoms with E-state index in [-0.39, 0.29) is 0 Å². The van der Waals surface area contributed by atoms with Crippen molar-refractivity contribution in [3.05, 3.63) is 0 Å². The first kappa shape index (κ1) is 13.4. The molecule has 0 aromatic carbocycles. The molecule has 1 aliphatic carbocycles. The van der Waals surface area contributed by atoms with Gasteiger partial charge in [0.1, 0.15) is 0 Å². The predicted octanol–water partition coefficient (Wildman–Crippen LogP) is 3.58. The van der Waals surface area contributed by atoms with Crippen molar-refractivity contribution in [1.82, 2.24) is 4.90 Å². The summed E-state index contributed by atoms with van der Waals surface area (Å²) >= 11 is 5.73. The Morgan fingerprint density at radius 2 is 1.94 bits per heavy atom. The van der Waals surface area contributed by atoms with E-state index >= 15 is 0 Å². The van der Waals surface area contributed by atoms with Crippen LogP contribution in [0.5, 0.6) is 0 Å². The van der Waals surface area contributed by atoms with Crippen LogP contribution in [-0.4, -0.2) is 30.3 Å². The summed E-state index contributed by atoms with van der Waals surface area (Å²) in [5.74, 6) is 1.91. The molecule has 17 heavy (non-hydrogen) atoms. The van der Waals surface area contributed by atoms with Gasteiger partial charge >= 0.3 is 0 Å². The summed E-state index contributed by atoms with van der Waals surface area (Å²) in [6, 6.07) is 0.566. The van der Waals surface area contributed by atoms with Gasteiger partial charge in [-0.05, 0) is 32.6 Å². The van der Waals surface area contributed by atoms with E-state index in [9.17, 15) is 0 Å². The Morgan fingerprint density at radius 3 is 2.65 bits per heavy atom. The van der Waals surface area contributed by atoms with Crippen LogP contribution in [0.25, 0.3) is 0 Å². The van der Waals surface area contributed by atoms with Crippen LogP contribution < -0.4 is 0 Å². The molecule has 0 N–H and O–H groups in total. The first-order valence-electron chi connectivity index (χ1n) is 7.15. The second kappa shape index (κ2) is 5.73. The average Bonchev–Trinajstić information content (AvgIpc) is 2.25. The number of fused-ring (bicyclic) bond motifs is 1. The standard InChI is InChI=1S/C14H24BNS/c1-10(2)16-9-8-11-6-7-12(15)4-3-5-13(11)14(16)17/h10-13H,3-9H2,1-2H3. The molecular weight excluding hydrogens is 225 g/mol. The zero-order valence-electron chi connectivity index (χ0n) is 11.2. The Bertz CT molecular complexity index is 279. The van der Waals surface area contributed by atoms with E-state index in [1.54, 1.807) is 0 Å². The molecule has 2 rings (SSSR count). The Morgan fingerprint density at radius 1 is 1.18 bits per heavy atom. The third-order valence-corrected chi connectivity index (χ3v) is 5.07. The zero-order chi connectivity index (χ0) is 12.4. The molecule has 0 bridgehead atoms. The SMILES string of the molecule is [B]C1CCCC2C(=S)N(C(C)C)CCC2CC1. The van der Waals surface area contributed by atoms with Gasteiger partial charge in [0.25, 0.3) is 0 Å². The van der Waals surface area contributed by atoms with Crippen molar-refractivity contribution in [2.24, 2.45) is 11.8 Å². The van der Waals surface area contributed by atoms with E-state index < -0.39 is 0 Å². The molecule has 2 aliphatic rings. The predicted molar refractivity (Wildman–Crippen MR) is 78.6 cm³/mol. The van der Waals surface area contributed by atoms with Crippen LogP contribution in [0, 0.1) is 11.8 Å². The largest absolute Gasteiger partial charge is 0.363 e. The molecule has 0 spiro atoms. The lowest BCUT2D eigenvalue weighted by Gasteiger charge is -2.44. The number of nitrogens with zero attached hydrogens (tertiary/aromatic N) is 1. The maximum absolute atomic E-state index is 6.09. The fourth-order valence-electron chi connectivity index (χ4n) is 3.42. The minimum Gasteiger partial charge on any atom is -0.363 e. The molecule has 0 aromatic rings. The van der Waals surface area contributed by atoms with Gasteiger partial charge < -0.3 is 4.90 Å². The second-order valence-electron chi connectivity index (χ2n) is 6.05. The van der Waals surface area contributed by atoms with Crippen molar-refractivity contribution < 1.29 is 0 Å². The van der Waals surface area contributed by atoms with Crippen molar-refractivity contribution >= 4 is 25.1 Å². The highest BCUT2D eigenvalue weighted by atomic mass is 32.1. The lowest BCUT2D eigenvalue weighted by atomic mass is 9.70. The molecule has 1 saturated heterocycles. The summed E-state index contributed by atoms with van der Waals surface area (Å²) in [4.78, 5) is 3.68. The van der Waals surface area contributed by atoms with Crippen LogP contribution in [-0.2, 0) is 0 Å². The summed E-state index contributed by atoms with van der Waals surface area (Å²) in [5.41, 5.74) is 0. The van der Waals surface area contributed by atoms with Crippen LogP contribution in [0.2, 0.25) is 5.82 Å². The summed E-state index contributed by atoms with van der Waals surface area (Å²) in [6.07, 6.45) is 7.52. The van der Waals surface area contributed by atoms with E-state index in [2.05, 4.69) is 18.7 Å². The quantitative estimate of drug-likeness (QED) is 0.516. The molecule has 1 aliphatic heterocycles. The van der Waals surface area contributed by atoms with Gasteiger partial charge in [-0.1, -0.05) is 43.7 Å². The summed E-state index contributed by atoms with van der Waals surface area (Å²) in [7, 11) is 6.09. The first-order chi connectivity index (χ1) is 8.09. The third-order valence-electron chi connectivity index (χ3n) is 4.53. The monoisotopic (exact) mass is 249 g/mol. The minimum atomic E-state index is 0.438. The van der Waals surface area contributed by atoms with Gasteiger partial charge in [-0.2, -0.15) is 0 Å². The highest BCUT2D eigenvalue weighted by Gasteiger charge is 2.34. The van der Waals surface area contributed by atoms with E-state index in [0.29, 0.717) is 17.8 Å². The number of piperidine rings is 1. The molecule has 2 radical (unpaired) electrons. The molecule has 0 aromatic heterocycles. The number of hydrogen-bond acceptors (Lipinski definition) is 1. The molecule has 0 amide bonds. The zero-order valence-corrected chi connectivity index (χ0v) is 12.0. The molecule has 2 fully saturated rings. The number of thiocarbonyl (C=S) groups is 1. The molecule has 94 valence electrons. The van der Waals surface area contributed by atoms with Crippen molar-refractivity contribution in [2.75, 3.05) is 6.54 Å². The van der Waals surface area contributed by atoms with Crippen molar-refractivity contribution in [3.8, 4) is 0 Å². The Kier molecular flexibility index (Phi) is 4.51. The van der Waals surface area contributed by atoms with Gasteiger partial charge in [0.2, 0.25) is 0 Å². The first-order valence-corrected chi connectivity index (χ1v) is 7.56. The summed E-state index contributed by atoms with van der Waals surface area (Å²) < 4.78 is 0. The minimum absolute atomic E-state index is 0.438. The number of likely N-dealkylation sites (tertiary alicyclic amines) is 1. The molecule has 1 saturated carbocycles. The summed E-state index contributed by atoms with van der Waals surface area (Å²) in [6.45, 7) is 5.67. The van der Waals surface area contributed by atoms with Crippen LogP contribution in [0.4, 0.5) is 0 Å². The van der Waals surface area contributed by atoms with Crippen molar-refractivity contribution in [1.29, 1.82) is 0 Å². The number of hydrogen-bond donors (Lipinski definition) is 0. The van der Waals surface area contributed by atoms with Crippen LogP contribution in [0.15, 0.2) is 0 Å². The third kappa shape index (κ3) is 3.04. The molecule has 3 atom stereocenters. The number of rotatable bonds is 1. The van der Waals surface area contributed by atoms with Crippen LogP contribution in [0.3, 0.4) is 0 Å². The average molecular weight is 249 g/mol. The molecule has 3 unspecified atom stereocenters. The van der Waals surface area contributed by atoms with Gasteiger partial charge in [0.05, 0.1) is 12.8 Å². The Labute approximate surface area is 113 Å². The van der Waals surface area contributed by atoms with Crippen LogP contribution in [0.1, 0.15) is 52.4 Å². The van der Waals surface area contributed by atoms with E-state index in [4.69, 9.17) is 20.1 Å². The Hall–Kier alpha value is -0.0451. The smallest absolute Gasteiger partial charge is 0.0815 e. The maximum atomic E-state index is 6.09. The molecular formula is C14H24BNS. The molecule has 1 heterocycles. The highest BCUT2D eigenvalue weighted by molar-refractivity contribution is 7.80. The maximum Gasteiger partial charge on any atom is 0.0815 e. The Balaban J connectivity index is 2.04. The second-order valence-corrected chi connectivity index (χ2v) is 6.47. The molecule has 1 nitrogen and oxygen atoms in total. The highest BCUT2D eigenvalue weighted by Crippen LogP contribution is 2.38. The lowest BCUT2D eigenvalue weighted by Crippen LogP contribution is -2.48. The van der Waals surface area contributed by atoms with Crippen molar-refractivity contribution in [2.45, 2.75) is 64.2 Å². The summed E-state index contributed by atoms with van der Waals surface area (Å²) in [5, 5.41) is 0. The van der Waals surface area contributed by atoms with Gasteiger partial charge in [0, 0.05) is 18.5 Å². The van der Waals surface area contributed by atoms with E-state index in [0.717, 1.165) is 12.5 Å². The fourth-order valence-corrected chi connectivity index (χ4v) is 4.03. The van der Waals surface area contributed by atoms with Gasteiger partial charge in [-0.3, -0.25) is 0 Å². The van der Waals surface area contributed by atoms with Gasteiger partial charge in [0.15, 0.2) is 0 Å². The van der Waals surface area contributed by atoms with Crippen molar-refractivity contribution in [3.63, 3.8) is 0 Å². The fraction of sp³-hybridized carbons (Fsp3) is 0.929. The van der Waals surface area contributed by atoms with E-state index in [1.165, 1.54) is 43.5 Å². The topological polar surface area (TPSA) is 3.24 Å². The molecule has 3 heteroatoms. The van der Waals surface area contributed by atoms with Gasteiger partial charge in [-0.15, -0.1) is 0 Å².